The highest BCUT2D eigenvalue weighted by molar-refractivity contribution is 9.10. The minimum absolute atomic E-state index is 0.199. The van der Waals surface area contributed by atoms with Crippen molar-refractivity contribution in [2.24, 2.45) is 5.10 Å². The Labute approximate surface area is 197 Å². The van der Waals surface area contributed by atoms with Crippen molar-refractivity contribution < 1.29 is 14.3 Å². The van der Waals surface area contributed by atoms with Crippen molar-refractivity contribution >= 4 is 44.8 Å². The first-order valence-electron chi connectivity index (χ1n) is 10.1. The van der Waals surface area contributed by atoms with Gasteiger partial charge in [-0.25, -0.2) is 5.01 Å². The second-order valence-corrected chi connectivity index (χ2v) is 9.24. The van der Waals surface area contributed by atoms with E-state index in [0.717, 1.165) is 21.3 Å². The molecule has 6 nitrogen and oxygen atoms in total. The third-order valence-electron chi connectivity index (χ3n) is 6.15. The first-order valence-corrected chi connectivity index (χ1v) is 11.3. The summed E-state index contributed by atoms with van der Waals surface area (Å²) in [5, 5.41) is 10.4. The lowest BCUT2D eigenvalue weighted by Gasteiger charge is -2.44. The molecule has 2 atom stereocenters. The Morgan fingerprint density at radius 2 is 2.03 bits per heavy atom. The van der Waals surface area contributed by atoms with E-state index in [4.69, 9.17) is 26.2 Å². The molecule has 0 aromatic heterocycles. The second kappa shape index (κ2) is 6.98. The normalized spacial score (nSPS) is 22.6. The Morgan fingerprint density at radius 1 is 1.22 bits per heavy atom. The third kappa shape index (κ3) is 2.64. The summed E-state index contributed by atoms with van der Waals surface area (Å²) in [7, 11) is 1.60. The SMILES string of the molecule is COc1cccc2c1O[C@]1(C(=O)Nc3ccc(Br)cc31)N1N=C(c3ccc(Cl)cc3)C[C@H]21. The van der Waals surface area contributed by atoms with Crippen LogP contribution in [0, 0.1) is 0 Å². The van der Waals surface area contributed by atoms with Gasteiger partial charge in [0.05, 0.1) is 30.1 Å². The minimum atomic E-state index is -1.44. The molecule has 3 heterocycles. The highest BCUT2D eigenvalue weighted by Gasteiger charge is 2.61. The predicted molar refractivity (Wildman–Crippen MR) is 125 cm³/mol. The maximum atomic E-state index is 13.5. The molecule has 6 rings (SSSR count). The van der Waals surface area contributed by atoms with Crippen LogP contribution >= 0.6 is 27.5 Å². The van der Waals surface area contributed by atoms with E-state index < -0.39 is 5.72 Å². The van der Waals surface area contributed by atoms with Gasteiger partial charge in [-0.05, 0) is 42.0 Å². The van der Waals surface area contributed by atoms with Crippen LogP contribution in [0.15, 0.2) is 70.2 Å². The van der Waals surface area contributed by atoms with E-state index in [1.807, 2.05) is 60.7 Å². The van der Waals surface area contributed by atoms with Gasteiger partial charge in [0.15, 0.2) is 11.5 Å². The number of benzene rings is 3. The van der Waals surface area contributed by atoms with Gasteiger partial charge in [0.1, 0.15) is 0 Å². The first kappa shape index (κ1) is 19.6. The molecule has 1 spiro atoms. The molecule has 1 amide bonds. The second-order valence-electron chi connectivity index (χ2n) is 7.89. The largest absolute Gasteiger partial charge is 0.493 e. The maximum Gasteiger partial charge on any atom is 0.306 e. The fourth-order valence-electron chi connectivity index (χ4n) is 4.68. The van der Waals surface area contributed by atoms with Crippen LogP contribution in [-0.2, 0) is 10.5 Å². The van der Waals surface area contributed by atoms with E-state index in [1.54, 1.807) is 12.1 Å². The van der Waals surface area contributed by atoms with E-state index in [2.05, 4.69) is 21.2 Å². The molecule has 3 aliphatic rings. The molecule has 0 unspecified atom stereocenters. The molecule has 0 saturated carbocycles. The van der Waals surface area contributed by atoms with Gasteiger partial charge in [-0.3, -0.25) is 4.79 Å². The summed E-state index contributed by atoms with van der Waals surface area (Å²) in [5.41, 5.74) is 2.71. The number of ether oxygens (including phenoxy) is 2. The van der Waals surface area contributed by atoms with Crippen LogP contribution < -0.4 is 14.8 Å². The Hall–Kier alpha value is -3.03. The quantitative estimate of drug-likeness (QED) is 0.497. The van der Waals surface area contributed by atoms with Crippen LogP contribution in [0.2, 0.25) is 5.02 Å². The highest BCUT2D eigenvalue weighted by Crippen LogP contribution is 2.56. The molecule has 3 aliphatic heterocycles. The predicted octanol–water partition coefficient (Wildman–Crippen LogP) is 5.46. The average Bonchev–Trinajstić information content (AvgIpc) is 3.35. The number of nitrogens with one attached hydrogen (secondary N) is 1. The molecule has 160 valence electrons. The molecule has 3 aromatic rings. The number of rotatable bonds is 2. The summed E-state index contributed by atoms with van der Waals surface area (Å²) in [4.78, 5) is 13.5. The Bertz CT molecular complexity index is 1310. The van der Waals surface area contributed by atoms with Crippen LogP contribution in [0.4, 0.5) is 5.69 Å². The highest BCUT2D eigenvalue weighted by atomic mass is 79.9. The number of methoxy groups -OCH3 is 1. The molecule has 1 N–H and O–H groups in total. The standard InChI is InChI=1S/C24H17BrClN3O3/c1-31-21-4-2-3-16-20-12-19(13-5-8-15(26)9-6-13)28-29(20)24(32-22(16)21)17-11-14(25)7-10-18(17)27-23(24)30/h2-11,20H,12H2,1H3,(H,27,30)/t20-,24-/m1/s1. The van der Waals surface area contributed by atoms with Crippen LogP contribution in [0.1, 0.15) is 29.2 Å². The summed E-state index contributed by atoms with van der Waals surface area (Å²) < 4.78 is 13.0. The zero-order valence-electron chi connectivity index (χ0n) is 16.9. The fraction of sp³-hybridized carbons (Fsp3) is 0.167. The van der Waals surface area contributed by atoms with Crippen LogP contribution in [0.25, 0.3) is 0 Å². The van der Waals surface area contributed by atoms with Gasteiger partial charge in [0.2, 0.25) is 0 Å². The molecule has 0 saturated heterocycles. The summed E-state index contributed by atoms with van der Waals surface area (Å²) in [5.74, 6) is 0.859. The van der Waals surface area contributed by atoms with Crippen molar-refractivity contribution in [3.05, 3.63) is 86.8 Å². The molecular weight excluding hydrogens is 494 g/mol. The van der Waals surface area contributed by atoms with Gasteiger partial charge < -0.3 is 14.8 Å². The van der Waals surface area contributed by atoms with Gasteiger partial charge in [-0.15, -0.1) is 0 Å². The monoisotopic (exact) mass is 509 g/mol. The molecule has 0 aliphatic carbocycles. The van der Waals surface area contributed by atoms with Crippen LogP contribution in [-0.4, -0.2) is 23.7 Å². The Kier molecular flexibility index (Phi) is 4.29. The number of hydrogen-bond donors (Lipinski definition) is 1. The zero-order chi connectivity index (χ0) is 22.0. The molecule has 3 aromatic carbocycles. The number of fused-ring (bicyclic) bond motifs is 6. The smallest absolute Gasteiger partial charge is 0.306 e. The molecule has 8 heteroatoms. The van der Waals surface area contributed by atoms with Crippen molar-refractivity contribution in [3.8, 4) is 11.5 Å². The Balaban J connectivity index is 1.59. The number of halogens is 2. The first-order chi connectivity index (χ1) is 15.5. The van der Waals surface area contributed by atoms with Gasteiger partial charge in [0, 0.05) is 21.5 Å². The summed E-state index contributed by atoms with van der Waals surface area (Å²) >= 11 is 9.62. The topological polar surface area (TPSA) is 63.2 Å². The lowest BCUT2D eigenvalue weighted by atomic mass is 9.92. The number of nitrogens with zero attached hydrogens (tertiary/aromatic N) is 2. The van der Waals surface area contributed by atoms with Gasteiger partial charge in [-0.1, -0.05) is 51.8 Å². The van der Waals surface area contributed by atoms with Crippen molar-refractivity contribution in [2.45, 2.75) is 18.2 Å². The molecule has 32 heavy (non-hydrogen) atoms. The lowest BCUT2D eigenvalue weighted by molar-refractivity contribution is -0.161. The van der Waals surface area contributed by atoms with Gasteiger partial charge in [-0.2, -0.15) is 5.10 Å². The Morgan fingerprint density at radius 3 is 2.81 bits per heavy atom. The van der Waals surface area contributed by atoms with Gasteiger partial charge >= 0.3 is 5.72 Å². The van der Waals surface area contributed by atoms with Crippen molar-refractivity contribution in [3.63, 3.8) is 0 Å². The van der Waals surface area contributed by atoms with Gasteiger partial charge in [0.25, 0.3) is 5.91 Å². The minimum Gasteiger partial charge on any atom is -0.493 e. The summed E-state index contributed by atoms with van der Waals surface area (Å²) in [6.07, 6.45) is 0.615. The van der Waals surface area contributed by atoms with Crippen LogP contribution in [0.3, 0.4) is 0 Å². The van der Waals surface area contributed by atoms with Crippen molar-refractivity contribution in [1.29, 1.82) is 0 Å². The van der Waals surface area contributed by atoms with Crippen molar-refractivity contribution in [2.75, 3.05) is 12.4 Å². The number of hydrogen-bond acceptors (Lipinski definition) is 5. The van der Waals surface area contributed by atoms with Crippen LogP contribution in [0.5, 0.6) is 11.5 Å². The van der Waals surface area contributed by atoms with E-state index in [9.17, 15) is 4.79 Å². The molecule has 0 bridgehead atoms. The van der Waals surface area contributed by atoms with Crippen molar-refractivity contribution in [1.82, 2.24) is 5.01 Å². The molecule has 0 fully saturated rings. The fourth-order valence-corrected chi connectivity index (χ4v) is 5.17. The zero-order valence-corrected chi connectivity index (χ0v) is 19.3. The third-order valence-corrected chi connectivity index (χ3v) is 6.90. The van der Waals surface area contributed by atoms with E-state index in [1.165, 1.54) is 0 Å². The number of carbonyl (C=O) groups is 1. The summed E-state index contributed by atoms with van der Waals surface area (Å²) in [6.45, 7) is 0. The number of anilines is 1. The molecule has 0 radical (unpaired) electrons. The number of amides is 1. The number of carbonyl (C=O) groups excluding carboxylic acids is 1. The molecular formula is C24H17BrClN3O3. The average molecular weight is 511 g/mol. The van der Waals surface area contributed by atoms with E-state index in [-0.39, 0.29) is 11.9 Å². The maximum absolute atomic E-state index is 13.5. The summed E-state index contributed by atoms with van der Waals surface area (Å²) in [6, 6.07) is 18.8. The van der Waals surface area contributed by atoms with E-state index in [0.29, 0.717) is 34.2 Å². The number of hydrazone groups is 1. The number of para-hydroxylation sites is 1. The van der Waals surface area contributed by atoms with E-state index >= 15 is 0 Å². The lowest BCUT2D eigenvalue weighted by Crippen LogP contribution is -2.55.